The summed E-state index contributed by atoms with van der Waals surface area (Å²) >= 11 is 6.22. The first kappa shape index (κ1) is 22.8. The van der Waals surface area contributed by atoms with Crippen molar-refractivity contribution in [3.8, 4) is 5.69 Å². The lowest BCUT2D eigenvalue weighted by atomic mass is 9.89. The number of sulfonamides is 1. The van der Waals surface area contributed by atoms with Crippen LogP contribution in [0.3, 0.4) is 0 Å². The van der Waals surface area contributed by atoms with E-state index in [1.165, 1.54) is 12.1 Å². The van der Waals surface area contributed by atoms with Gasteiger partial charge in [0, 0.05) is 11.2 Å². The Bertz CT molecular complexity index is 1270. The molecule has 1 amide bonds. The summed E-state index contributed by atoms with van der Waals surface area (Å²) in [6.45, 7) is 1.77. The Hall–Kier alpha value is -2.89. The maximum Gasteiger partial charge on any atom is 0.419 e. The van der Waals surface area contributed by atoms with Crippen LogP contribution in [0.25, 0.3) is 5.69 Å². The van der Waals surface area contributed by atoms with Crippen LogP contribution >= 0.6 is 11.6 Å². The molecule has 1 aromatic heterocycles. The summed E-state index contributed by atoms with van der Waals surface area (Å²) in [5, 5.41) is 9.11. The minimum absolute atomic E-state index is 0.149. The minimum atomic E-state index is -4.67. The Balaban J connectivity index is 2.21. The molecule has 1 atom stereocenters. The van der Waals surface area contributed by atoms with Gasteiger partial charge in [0.05, 0.1) is 23.4 Å². The van der Waals surface area contributed by atoms with Gasteiger partial charge in [0.1, 0.15) is 4.90 Å². The van der Waals surface area contributed by atoms with Crippen LogP contribution in [0.1, 0.15) is 28.2 Å². The number of benzene rings is 2. The first-order chi connectivity index (χ1) is 14.3. The first-order valence-electron chi connectivity index (χ1n) is 8.63. The van der Waals surface area contributed by atoms with Crippen molar-refractivity contribution in [2.75, 3.05) is 0 Å². The second-order valence-corrected chi connectivity index (χ2v) is 8.74. The van der Waals surface area contributed by atoms with Gasteiger partial charge in [0.25, 0.3) is 0 Å². The SMILES string of the molecule is Cc1ccc(Cl)c(C(C(N)=O)c2ccc(-n3cc(C(F)(F)F)cn3)c(S(N)(=O)=O)c2)c1. The van der Waals surface area contributed by atoms with Gasteiger partial charge in [-0.05, 0) is 36.2 Å². The predicted octanol–water partition coefficient (Wildman–Crippen LogP) is 3.12. The highest BCUT2D eigenvalue weighted by Gasteiger charge is 2.33. The third kappa shape index (κ3) is 4.73. The van der Waals surface area contributed by atoms with E-state index in [1.807, 2.05) is 0 Å². The molecule has 0 aliphatic heterocycles. The first-order valence-corrected chi connectivity index (χ1v) is 10.6. The molecule has 7 nitrogen and oxygen atoms in total. The van der Waals surface area contributed by atoms with E-state index < -0.39 is 38.5 Å². The van der Waals surface area contributed by atoms with Crippen molar-refractivity contribution in [2.24, 2.45) is 10.9 Å². The molecule has 1 unspecified atom stereocenters. The minimum Gasteiger partial charge on any atom is -0.369 e. The maximum atomic E-state index is 12.9. The number of hydrogen-bond acceptors (Lipinski definition) is 4. The fourth-order valence-electron chi connectivity index (χ4n) is 3.11. The number of hydrogen-bond donors (Lipinski definition) is 2. The van der Waals surface area contributed by atoms with Gasteiger partial charge in [-0.1, -0.05) is 35.4 Å². The second-order valence-electron chi connectivity index (χ2n) is 6.80. The van der Waals surface area contributed by atoms with E-state index in [0.29, 0.717) is 18.0 Å². The second kappa shape index (κ2) is 7.98. The molecule has 0 aliphatic carbocycles. The number of primary sulfonamides is 1. The molecule has 0 fully saturated rings. The molecule has 0 aliphatic rings. The van der Waals surface area contributed by atoms with Gasteiger partial charge in [-0.25, -0.2) is 18.2 Å². The summed E-state index contributed by atoms with van der Waals surface area (Å²) in [5.74, 6) is -1.93. The Kier molecular flexibility index (Phi) is 5.87. The zero-order valence-electron chi connectivity index (χ0n) is 15.9. The van der Waals surface area contributed by atoms with Crippen LogP contribution in [0.4, 0.5) is 13.2 Å². The van der Waals surface area contributed by atoms with Crippen molar-refractivity contribution < 1.29 is 26.4 Å². The lowest BCUT2D eigenvalue weighted by molar-refractivity contribution is -0.137. The fourth-order valence-corrected chi connectivity index (χ4v) is 4.09. The van der Waals surface area contributed by atoms with E-state index in [0.717, 1.165) is 16.3 Å². The van der Waals surface area contributed by atoms with Gasteiger partial charge < -0.3 is 5.73 Å². The van der Waals surface area contributed by atoms with Crippen molar-refractivity contribution in [3.63, 3.8) is 0 Å². The van der Waals surface area contributed by atoms with Gasteiger partial charge in [-0.15, -0.1) is 0 Å². The largest absolute Gasteiger partial charge is 0.419 e. The number of carbonyl (C=O) groups excluding carboxylic acids is 1. The molecule has 0 radical (unpaired) electrons. The average molecular weight is 473 g/mol. The number of aryl methyl sites for hydroxylation is 1. The molecule has 1 heterocycles. The number of nitrogens with two attached hydrogens (primary N) is 2. The van der Waals surface area contributed by atoms with Crippen LogP contribution in [-0.2, 0) is 21.0 Å². The topological polar surface area (TPSA) is 121 Å². The van der Waals surface area contributed by atoms with Crippen LogP contribution in [0.15, 0.2) is 53.7 Å². The van der Waals surface area contributed by atoms with Gasteiger partial charge in [-0.3, -0.25) is 4.79 Å². The summed E-state index contributed by atoms with van der Waals surface area (Å²) in [7, 11) is -4.42. The Morgan fingerprint density at radius 1 is 1.19 bits per heavy atom. The molecule has 3 rings (SSSR count). The van der Waals surface area contributed by atoms with Crippen LogP contribution in [0.2, 0.25) is 5.02 Å². The Morgan fingerprint density at radius 3 is 2.42 bits per heavy atom. The van der Waals surface area contributed by atoms with Crippen LogP contribution in [0, 0.1) is 6.92 Å². The predicted molar refractivity (Wildman–Crippen MR) is 107 cm³/mol. The molecule has 0 bridgehead atoms. The van der Waals surface area contributed by atoms with E-state index in [4.69, 9.17) is 22.5 Å². The highest BCUT2D eigenvalue weighted by Crippen LogP contribution is 2.34. The molecular weight excluding hydrogens is 457 g/mol. The molecule has 0 spiro atoms. The molecule has 3 aromatic rings. The highest BCUT2D eigenvalue weighted by molar-refractivity contribution is 7.89. The summed E-state index contributed by atoms with van der Waals surface area (Å²) in [5.41, 5.74) is 5.55. The number of nitrogens with zero attached hydrogens (tertiary/aromatic N) is 2. The monoisotopic (exact) mass is 472 g/mol. The van der Waals surface area contributed by atoms with E-state index in [9.17, 15) is 26.4 Å². The van der Waals surface area contributed by atoms with Crippen LogP contribution in [0.5, 0.6) is 0 Å². The number of amides is 1. The summed E-state index contributed by atoms with van der Waals surface area (Å²) < 4.78 is 63.9. The molecule has 0 saturated carbocycles. The van der Waals surface area contributed by atoms with Crippen molar-refractivity contribution in [1.82, 2.24) is 9.78 Å². The smallest absolute Gasteiger partial charge is 0.369 e. The maximum absolute atomic E-state index is 12.9. The number of rotatable bonds is 5. The molecular formula is C19H16ClF3N4O3S. The lowest BCUT2D eigenvalue weighted by Crippen LogP contribution is -2.24. The summed E-state index contributed by atoms with van der Waals surface area (Å²) in [6, 6.07) is 8.55. The number of carbonyl (C=O) groups is 1. The van der Waals surface area contributed by atoms with E-state index in [2.05, 4.69) is 5.10 Å². The van der Waals surface area contributed by atoms with Gasteiger partial charge in [0.15, 0.2) is 0 Å². The number of alkyl halides is 3. The van der Waals surface area contributed by atoms with E-state index in [-0.39, 0.29) is 16.3 Å². The Labute approximate surface area is 180 Å². The number of aromatic nitrogens is 2. The van der Waals surface area contributed by atoms with Crippen molar-refractivity contribution >= 4 is 27.5 Å². The van der Waals surface area contributed by atoms with E-state index >= 15 is 0 Å². The van der Waals surface area contributed by atoms with Crippen LogP contribution in [-0.4, -0.2) is 24.1 Å². The third-order valence-corrected chi connectivity index (χ3v) is 5.81. The van der Waals surface area contributed by atoms with Gasteiger partial charge in [-0.2, -0.15) is 18.3 Å². The van der Waals surface area contributed by atoms with Crippen molar-refractivity contribution in [2.45, 2.75) is 23.9 Å². The normalized spacial score (nSPS) is 13.2. The van der Waals surface area contributed by atoms with Crippen molar-refractivity contribution in [3.05, 3.63) is 76.1 Å². The summed E-state index contributed by atoms with van der Waals surface area (Å²) in [4.78, 5) is 11.7. The summed E-state index contributed by atoms with van der Waals surface area (Å²) in [6.07, 6.45) is -3.48. The fraction of sp³-hybridized carbons (Fsp3) is 0.158. The molecule has 12 heteroatoms. The zero-order chi connectivity index (χ0) is 23.1. The molecule has 31 heavy (non-hydrogen) atoms. The molecule has 0 saturated heterocycles. The van der Waals surface area contributed by atoms with Gasteiger partial charge >= 0.3 is 6.18 Å². The van der Waals surface area contributed by atoms with E-state index in [1.54, 1.807) is 25.1 Å². The van der Waals surface area contributed by atoms with Gasteiger partial charge in [0.2, 0.25) is 15.9 Å². The lowest BCUT2D eigenvalue weighted by Gasteiger charge is -2.18. The molecule has 4 N–H and O–H groups in total. The van der Waals surface area contributed by atoms with Crippen LogP contribution < -0.4 is 10.9 Å². The highest BCUT2D eigenvalue weighted by atomic mass is 35.5. The Morgan fingerprint density at radius 2 is 1.87 bits per heavy atom. The quantitative estimate of drug-likeness (QED) is 0.592. The number of halogens is 4. The van der Waals surface area contributed by atoms with Crippen molar-refractivity contribution in [1.29, 1.82) is 0 Å². The molecule has 2 aromatic carbocycles. The molecule has 164 valence electrons. The number of primary amides is 1. The zero-order valence-corrected chi connectivity index (χ0v) is 17.5. The third-order valence-electron chi connectivity index (χ3n) is 4.53. The average Bonchev–Trinajstić information content (AvgIpc) is 3.14. The standard InChI is InChI=1S/C19H16ClF3N4O3S/c1-10-2-4-14(20)13(6-10)17(18(24)28)11-3-5-15(16(7-11)31(25,29)30)27-9-12(8-26-27)19(21,22)23/h2-9,17H,1H3,(H2,24,28)(H2,25,29,30).